The zero-order valence-electron chi connectivity index (χ0n) is 10.1. The van der Waals surface area contributed by atoms with Crippen molar-refractivity contribution < 1.29 is 14.7 Å². The molecule has 0 aliphatic rings. The van der Waals surface area contributed by atoms with Crippen molar-refractivity contribution in [3.63, 3.8) is 0 Å². The van der Waals surface area contributed by atoms with E-state index in [0.29, 0.717) is 10.7 Å². The zero-order valence-corrected chi connectivity index (χ0v) is 11.6. The van der Waals surface area contributed by atoms with Crippen LogP contribution in [0.2, 0.25) is 5.02 Å². The van der Waals surface area contributed by atoms with E-state index in [4.69, 9.17) is 16.7 Å². The highest BCUT2D eigenvalue weighted by atomic mass is 35.5. The number of anilines is 1. The number of benzene rings is 1. The average Bonchev–Trinajstić information content (AvgIpc) is 2.29. The van der Waals surface area contributed by atoms with Gasteiger partial charge in [0.1, 0.15) is 4.75 Å². The minimum absolute atomic E-state index is 0.0600. The molecule has 0 saturated heterocycles. The van der Waals surface area contributed by atoms with Crippen LogP contribution in [-0.4, -0.2) is 27.5 Å². The van der Waals surface area contributed by atoms with Gasteiger partial charge in [-0.3, -0.25) is 9.59 Å². The van der Waals surface area contributed by atoms with Crippen molar-refractivity contribution in [1.82, 2.24) is 0 Å². The molecule has 0 atom stereocenters. The summed E-state index contributed by atoms with van der Waals surface area (Å²) in [6.45, 7) is 3.12. The van der Waals surface area contributed by atoms with Crippen LogP contribution in [0.25, 0.3) is 0 Å². The summed E-state index contributed by atoms with van der Waals surface area (Å²) in [7, 11) is 0. The predicted octanol–water partition coefficient (Wildman–Crippen LogP) is 2.87. The molecular formula is C12H14ClNO3S. The van der Waals surface area contributed by atoms with Crippen molar-refractivity contribution in [3.05, 3.63) is 29.3 Å². The minimum atomic E-state index is -0.988. The fourth-order valence-corrected chi connectivity index (χ4v) is 1.93. The normalized spacial score (nSPS) is 11.1. The lowest BCUT2D eigenvalue weighted by Gasteiger charge is -2.18. The van der Waals surface area contributed by atoms with Crippen LogP contribution in [0.15, 0.2) is 24.3 Å². The number of thioether (sulfide) groups is 1. The highest BCUT2D eigenvalue weighted by Crippen LogP contribution is 2.25. The molecule has 0 bridgehead atoms. The number of carboxylic acid groups (broad SMARTS) is 1. The number of carbonyl (C=O) groups excluding carboxylic acids is 1. The molecule has 0 fully saturated rings. The molecule has 2 N–H and O–H groups in total. The monoisotopic (exact) mass is 287 g/mol. The Bertz CT molecular complexity index is 462. The molecule has 1 aromatic carbocycles. The molecule has 0 radical (unpaired) electrons. The number of hydrogen-bond donors (Lipinski definition) is 2. The van der Waals surface area contributed by atoms with Crippen LogP contribution in [0.5, 0.6) is 0 Å². The van der Waals surface area contributed by atoms with Crippen LogP contribution in [0.3, 0.4) is 0 Å². The van der Waals surface area contributed by atoms with Crippen molar-refractivity contribution in [1.29, 1.82) is 0 Å². The van der Waals surface area contributed by atoms with E-state index in [1.54, 1.807) is 38.1 Å². The minimum Gasteiger partial charge on any atom is -0.480 e. The first-order chi connectivity index (χ1) is 8.33. The van der Waals surface area contributed by atoms with Gasteiger partial charge < -0.3 is 10.4 Å². The fourth-order valence-electron chi connectivity index (χ4n) is 1.06. The number of carbonyl (C=O) groups is 2. The molecule has 1 amide bonds. The van der Waals surface area contributed by atoms with Gasteiger partial charge >= 0.3 is 5.97 Å². The quantitative estimate of drug-likeness (QED) is 0.874. The van der Waals surface area contributed by atoms with E-state index in [-0.39, 0.29) is 11.7 Å². The van der Waals surface area contributed by atoms with Crippen molar-refractivity contribution in [2.45, 2.75) is 18.6 Å². The standard InChI is InChI=1S/C12H14ClNO3S/c1-12(2,11(16)17)18-7-10(15)14-9-6-4-3-5-8(9)13/h3-6H,7H2,1-2H3,(H,14,15)(H,16,17). The van der Waals surface area contributed by atoms with Gasteiger partial charge in [-0.1, -0.05) is 23.7 Å². The summed E-state index contributed by atoms with van der Waals surface area (Å²) in [5.74, 6) is -1.16. The zero-order chi connectivity index (χ0) is 13.8. The second-order valence-electron chi connectivity index (χ2n) is 4.13. The van der Waals surface area contributed by atoms with Crippen LogP contribution in [0.1, 0.15) is 13.8 Å². The molecule has 0 heterocycles. The molecule has 4 nitrogen and oxygen atoms in total. The molecule has 0 spiro atoms. The van der Waals surface area contributed by atoms with Gasteiger partial charge in [-0.25, -0.2) is 0 Å². The number of hydrogen-bond acceptors (Lipinski definition) is 3. The third kappa shape index (κ3) is 4.23. The predicted molar refractivity (Wildman–Crippen MR) is 74.3 cm³/mol. The summed E-state index contributed by atoms with van der Waals surface area (Å²) in [6, 6.07) is 6.88. The van der Waals surface area contributed by atoms with Crippen LogP contribution < -0.4 is 5.32 Å². The van der Waals surface area contributed by atoms with Gasteiger partial charge in [-0.15, -0.1) is 11.8 Å². The molecule has 98 valence electrons. The van der Waals surface area contributed by atoms with Crippen molar-refractivity contribution in [2.24, 2.45) is 0 Å². The lowest BCUT2D eigenvalue weighted by molar-refractivity contribution is -0.138. The number of halogens is 1. The van der Waals surface area contributed by atoms with Crippen molar-refractivity contribution in [2.75, 3.05) is 11.1 Å². The highest BCUT2D eigenvalue weighted by molar-refractivity contribution is 8.02. The lowest BCUT2D eigenvalue weighted by atomic mass is 10.2. The summed E-state index contributed by atoms with van der Waals surface area (Å²) < 4.78 is -0.988. The molecule has 0 aromatic heterocycles. The Hall–Kier alpha value is -1.20. The fraction of sp³-hybridized carbons (Fsp3) is 0.333. The van der Waals surface area contributed by atoms with E-state index >= 15 is 0 Å². The van der Waals surface area contributed by atoms with Crippen LogP contribution in [-0.2, 0) is 9.59 Å². The van der Waals surface area contributed by atoms with Crippen LogP contribution in [0.4, 0.5) is 5.69 Å². The maximum Gasteiger partial charge on any atom is 0.319 e. The van der Waals surface area contributed by atoms with Crippen LogP contribution >= 0.6 is 23.4 Å². The van der Waals surface area contributed by atoms with Gasteiger partial charge in [0.2, 0.25) is 5.91 Å². The van der Waals surface area contributed by atoms with Gasteiger partial charge in [0.25, 0.3) is 0 Å². The smallest absolute Gasteiger partial charge is 0.319 e. The number of para-hydroxylation sites is 1. The highest BCUT2D eigenvalue weighted by Gasteiger charge is 2.28. The summed E-state index contributed by atoms with van der Waals surface area (Å²) in [5, 5.41) is 12.0. The molecule has 0 aliphatic heterocycles. The Labute approximate surface area is 115 Å². The number of rotatable bonds is 5. The Kier molecular flexibility index (Phi) is 5.04. The number of amides is 1. The van der Waals surface area contributed by atoms with E-state index in [9.17, 15) is 9.59 Å². The molecule has 0 aliphatic carbocycles. The van der Waals surface area contributed by atoms with Gasteiger partial charge in [0, 0.05) is 0 Å². The van der Waals surface area contributed by atoms with E-state index < -0.39 is 10.7 Å². The summed E-state index contributed by atoms with van der Waals surface area (Å²) in [6.07, 6.45) is 0. The molecule has 18 heavy (non-hydrogen) atoms. The van der Waals surface area contributed by atoms with Gasteiger partial charge in [0.05, 0.1) is 16.5 Å². The Morgan fingerprint density at radius 2 is 2.00 bits per heavy atom. The molecular weight excluding hydrogens is 274 g/mol. The second-order valence-corrected chi connectivity index (χ2v) is 6.14. The maximum absolute atomic E-state index is 11.7. The second kappa shape index (κ2) is 6.11. The summed E-state index contributed by atoms with van der Waals surface area (Å²) in [5.41, 5.74) is 0.526. The Morgan fingerprint density at radius 3 is 2.56 bits per heavy atom. The maximum atomic E-state index is 11.7. The van der Waals surface area contributed by atoms with Gasteiger partial charge in [-0.05, 0) is 26.0 Å². The van der Waals surface area contributed by atoms with E-state index in [0.717, 1.165) is 11.8 Å². The molecule has 1 aromatic rings. The number of aliphatic carboxylic acids is 1. The molecule has 6 heteroatoms. The summed E-state index contributed by atoms with van der Waals surface area (Å²) in [4.78, 5) is 22.5. The van der Waals surface area contributed by atoms with E-state index in [1.807, 2.05) is 0 Å². The Morgan fingerprint density at radius 1 is 1.39 bits per heavy atom. The van der Waals surface area contributed by atoms with E-state index in [1.165, 1.54) is 0 Å². The molecule has 0 unspecified atom stereocenters. The summed E-state index contributed by atoms with van der Waals surface area (Å²) >= 11 is 6.96. The third-order valence-corrected chi connectivity index (χ3v) is 3.86. The molecule has 0 saturated carbocycles. The first kappa shape index (κ1) is 14.9. The van der Waals surface area contributed by atoms with Crippen molar-refractivity contribution in [3.8, 4) is 0 Å². The SMILES string of the molecule is CC(C)(SCC(=O)Nc1ccccc1Cl)C(=O)O. The number of carboxylic acids is 1. The van der Waals surface area contributed by atoms with E-state index in [2.05, 4.69) is 5.32 Å². The number of nitrogens with one attached hydrogen (secondary N) is 1. The van der Waals surface area contributed by atoms with Gasteiger partial charge in [-0.2, -0.15) is 0 Å². The Balaban J connectivity index is 2.54. The average molecular weight is 288 g/mol. The topological polar surface area (TPSA) is 66.4 Å². The van der Waals surface area contributed by atoms with Crippen molar-refractivity contribution >= 4 is 40.9 Å². The first-order valence-electron chi connectivity index (χ1n) is 5.24. The van der Waals surface area contributed by atoms with Crippen LogP contribution in [0, 0.1) is 0 Å². The molecule has 1 rings (SSSR count). The van der Waals surface area contributed by atoms with Gasteiger partial charge in [0.15, 0.2) is 0 Å². The lowest BCUT2D eigenvalue weighted by Crippen LogP contribution is -2.29. The first-order valence-corrected chi connectivity index (χ1v) is 6.61. The largest absolute Gasteiger partial charge is 0.480 e. The third-order valence-electron chi connectivity index (χ3n) is 2.23.